The van der Waals surface area contributed by atoms with Crippen molar-refractivity contribution < 1.29 is 0 Å². The number of fused-ring (bicyclic) bond motifs is 1. The lowest BCUT2D eigenvalue weighted by Crippen LogP contribution is -2.09. The molecule has 0 atom stereocenters. The molecule has 24 heavy (non-hydrogen) atoms. The summed E-state index contributed by atoms with van der Waals surface area (Å²) in [5.74, 6) is 6.50. The lowest BCUT2D eigenvalue weighted by Gasteiger charge is -2.09. The van der Waals surface area contributed by atoms with Crippen LogP contribution in [0.5, 0.6) is 0 Å². The van der Waals surface area contributed by atoms with Crippen LogP contribution in [0, 0.1) is 11.8 Å². The van der Waals surface area contributed by atoms with E-state index >= 15 is 0 Å². The highest BCUT2D eigenvalue weighted by atomic mass is 15.3. The molecule has 0 aliphatic rings. The number of aryl methyl sites for hydroxylation is 2. The number of hydrogen-bond acceptors (Lipinski definition) is 5. The van der Waals surface area contributed by atoms with Crippen LogP contribution in [-0.4, -0.2) is 30.9 Å². The summed E-state index contributed by atoms with van der Waals surface area (Å²) in [7, 11) is 1.88. The zero-order chi connectivity index (χ0) is 17.1. The van der Waals surface area contributed by atoms with Crippen molar-refractivity contribution in [3.63, 3.8) is 0 Å². The molecule has 3 heterocycles. The summed E-state index contributed by atoms with van der Waals surface area (Å²) in [6.45, 7) is 2.46. The van der Waals surface area contributed by atoms with Gasteiger partial charge in [0.25, 0.3) is 0 Å². The van der Waals surface area contributed by atoms with Crippen LogP contribution in [0.1, 0.15) is 31.0 Å². The van der Waals surface area contributed by atoms with Gasteiger partial charge in [-0.15, -0.1) is 5.92 Å². The van der Waals surface area contributed by atoms with E-state index in [-0.39, 0.29) is 0 Å². The van der Waals surface area contributed by atoms with E-state index in [1.165, 1.54) is 0 Å². The molecular weight excluding hydrogens is 302 g/mol. The van der Waals surface area contributed by atoms with E-state index < -0.39 is 0 Å². The van der Waals surface area contributed by atoms with Gasteiger partial charge < -0.3 is 11.5 Å². The lowest BCUT2D eigenvalue weighted by atomic mass is 10.1. The smallest absolute Gasteiger partial charge is 0.165 e. The van der Waals surface area contributed by atoms with Crippen LogP contribution in [0.15, 0.2) is 18.6 Å². The van der Waals surface area contributed by atoms with Gasteiger partial charge in [-0.05, 0) is 32.7 Å². The van der Waals surface area contributed by atoms with E-state index in [0.717, 1.165) is 47.3 Å². The van der Waals surface area contributed by atoms with Crippen molar-refractivity contribution in [3.05, 3.63) is 29.8 Å². The second-order valence-corrected chi connectivity index (χ2v) is 5.64. The predicted octanol–water partition coefficient (Wildman–Crippen LogP) is 1.36. The van der Waals surface area contributed by atoms with Gasteiger partial charge in [0.15, 0.2) is 5.65 Å². The fourth-order valence-electron chi connectivity index (χ4n) is 2.71. The second-order valence-electron chi connectivity index (χ2n) is 5.64. The zero-order valence-electron chi connectivity index (χ0n) is 14.0. The quantitative estimate of drug-likeness (QED) is 0.545. The van der Waals surface area contributed by atoms with Crippen LogP contribution in [-0.2, 0) is 13.5 Å². The molecule has 7 nitrogen and oxygen atoms in total. The Hall–Kier alpha value is -2.85. The van der Waals surface area contributed by atoms with Gasteiger partial charge >= 0.3 is 0 Å². The van der Waals surface area contributed by atoms with Gasteiger partial charge in [0, 0.05) is 24.4 Å². The first-order valence-electron chi connectivity index (χ1n) is 7.93. The Balaban J connectivity index is 2.16. The van der Waals surface area contributed by atoms with Gasteiger partial charge in [0.2, 0.25) is 0 Å². The Labute approximate surface area is 140 Å². The molecule has 0 aliphatic carbocycles. The number of hydrogen-bond donors (Lipinski definition) is 2. The Kier molecular flexibility index (Phi) is 4.49. The number of rotatable bonds is 5. The van der Waals surface area contributed by atoms with Gasteiger partial charge in [-0.1, -0.05) is 5.92 Å². The summed E-state index contributed by atoms with van der Waals surface area (Å²) in [5, 5.41) is 8.60. The number of aromatic nitrogens is 5. The van der Waals surface area contributed by atoms with Gasteiger partial charge in [-0.25, -0.2) is 4.98 Å². The number of unbranched alkanes of at least 4 members (excludes halogenated alkanes) is 1. The Bertz CT molecular complexity index is 924. The van der Waals surface area contributed by atoms with E-state index in [4.69, 9.17) is 16.5 Å². The molecule has 0 saturated heterocycles. The molecule has 3 rings (SSSR count). The van der Waals surface area contributed by atoms with Crippen molar-refractivity contribution >= 4 is 11.5 Å². The van der Waals surface area contributed by atoms with Crippen LogP contribution in [0.2, 0.25) is 0 Å². The number of nitrogen functional groups attached to an aromatic ring is 1. The van der Waals surface area contributed by atoms with Gasteiger partial charge in [0.05, 0.1) is 23.7 Å². The molecule has 3 aromatic heterocycles. The summed E-state index contributed by atoms with van der Waals surface area (Å²) in [4.78, 5) is 4.81. The molecule has 0 unspecified atom stereocenters. The van der Waals surface area contributed by atoms with Crippen LogP contribution >= 0.6 is 0 Å². The number of anilines is 1. The summed E-state index contributed by atoms with van der Waals surface area (Å²) >= 11 is 0. The maximum atomic E-state index is 6.32. The van der Waals surface area contributed by atoms with E-state index in [0.29, 0.717) is 12.4 Å². The molecular formula is C17H21N7. The molecule has 0 spiro atoms. The van der Waals surface area contributed by atoms with Crippen LogP contribution in [0.25, 0.3) is 16.8 Å². The highest BCUT2D eigenvalue weighted by molar-refractivity contribution is 5.78. The van der Waals surface area contributed by atoms with E-state index in [1.807, 2.05) is 13.2 Å². The van der Waals surface area contributed by atoms with Crippen LogP contribution in [0.4, 0.5) is 5.82 Å². The fourth-order valence-corrected chi connectivity index (χ4v) is 2.71. The van der Waals surface area contributed by atoms with Crippen molar-refractivity contribution in [2.75, 3.05) is 12.3 Å². The number of nitrogens with zero attached hydrogens (tertiary/aromatic N) is 5. The number of nitrogens with two attached hydrogens (primary N) is 2. The van der Waals surface area contributed by atoms with Crippen LogP contribution < -0.4 is 11.5 Å². The molecule has 0 bridgehead atoms. The Morgan fingerprint density at radius 1 is 1.21 bits per heavy atom. The third-order valence-corrected chi connectivity index (χ3v) is 3.89. The molecule has 7 heteroatoms. The molecule has 124 valence electrons. The monoisotopic (exact) mass is 323 g/mol. The Morgan fingerprint density at radius 2 is 2.04 bits per heavy atom. The average molecular weight is 323 g/mol. The molecule has 0 radical (unpaired) electrons. The normalized spacial score (nSPS) is 10.8. The van der Waals surface area contributed by atoms with Gasteiger partial charge in [-0.2, -0.15) is 14.7 Å². The standard InChI is InChI=1S/C17H21N7/c1-3-6-13-15(7-4-5-8-18)22-17-14(10-21-24(17)16(13)19)12-9-20-23(2)11-12/h9-11H,4-5,7-8,18-19H2,1-2H3. The topological polar surface area (TPSA) is 100 Å². The minimum absolute atomic E-state index is 0.521. The van der Waals surface area contributed by atoms with Crippen molar-refractivity contribution in [2.45, 2.75) is 26.2 Å². The second kappa shape index (κ2) is 6.72. The first kappa shape index (κ1) is 16.0. The molecule has 3 aromatic rings. The van der Waals surface area contributed by atoms with Crippen molar-refractivity contribution in [3.8, 4) is 23.0 Å². The SMILES string of the molecule is CC#Cc1c(CCCCN)nc2c(-c3cnn(C)c3)cnn2c1N. The highest BCUT2D eigenvalue weighted by Gasteiger charge is 2.17. The van der Waals surface area contributed by atoms with Gasteiger partial charge in [0.1, 0.15) is 5.82 Å². The third kappa shape index (κ3) is 2.84. The predicted molar refractivity (Wildman–Crippen MR) is 94.1 cm³/mol. The first-order chi connectivity index (χ1) is 11.7. The summed E-state index contributed by atoms with van der Waals surface area (Å²) in [6.07, 6.45) is 8.18. The average Bonchev–Trinajstić information content (AvgIpc) is 3.17. The maximum Gasteiger partial charge on any atom is 0.165 e. The maximum absolute atomic E-state index is 6.32. The molecule has 0 saturated carbocycles. The zero-order valence-corrected chi connectivity index (χ0v) is 14.0. The van der Waals surface area contributed by atoms with E-state index in [1.54, 1.807) is 28.5 Å². The van der Waals surface area contributed by atoms with Crippen LogP contribution in [0.3, 0.4) is 0 Å². The first-order valence-corrected chi connectivity index (χ1v) is 7.93. The van der Waals surface area contributed by atoms with Crippen molar-refractivity contribution in [1.82, 2.24) is 24.4 Å². The summed E-state index contributed by atoms with van der Waals surface area (Å²) in [6, 6.07) is 0. The molecule has 0 amide bonds. The Morgan fingerprint density at radius 3 is 2.71 bits per heavy atom. The summed E-state index contributed by atoms with van der Waals surface area (Å²) < 4.78 is 3.40. The minimum Gasteiger partial charge on any atom is -0.382 e. The van der Waals surface area contributed by atoms with E-state index in [9.17, 15) is 0 Å². The molecule has 0 aromatic carbocycles. The molecule has 0 fully saturated rings. The third-order valence-electron chi connectivity index (χ3n) is 3.89. The molecule has 4 N–H and O–H groups in total. The van der Waals surface area contributed by atoms with Crippen molar-refractivity contribution in [2.24, 2.45) is 12.8 Å². The minimum atomic E-state index is 0.521. The van der Waals surface area contributed by atoms with E-state index in [2.05, 4.69) is 22.0 Å². The largest absolute Gasteiger partial charge is 0.382 e. The summed E-state index contributed by atoms with van der Waals surface area (Å²) in [5.41, 5.74) is 16.2. The highest BCUT2D eigenvalue weighted by Crippen LogP contribution is 2.27. The van der Waals surface area contributed by atoms with Gasteiger partial charge in [-0.3, -0.25) is 4.68 Å². The lowest BCUT2D eigenvalue weighted by molar-refractivity contribution is 0.730. The molecule has 0 aliphatic heterocycles. The van der Waals surface area contributed by atoms with Crippen molar-refractivity contribution in [1.29, 1.82) is 0 Å². The fraction of sp³-hybridized carbons (Fsp3) is 0.353.